The summed E-state index contributed by atoms with van der Waals surface area (Å²) in [4.78, 5) is 36.4. The molecule has 0 aromatic carbocycles. The molecule has 0 aromatic heterocycles. The number of carbonyl (C=O) groups is 3. The van der Waals surface area contributed by atoms with E-state index in [9.17, 15) is 19.5 Å². The fourth-order valence-electron chi connectivity index (χ4n) is 9.93. The molecule has 5 nitrogen and oxygen atoms in total. The minimum atomic E-state index is -1.02. The number of fused-ring (bicyclic) bond motifs is 12. The average molecular weight is 411 g/mol. The van der Waals surface area contributed by atoms with Crippen molar-refractivity contribution in [1.29, 1.82) is 0 Å². The van der Waals surface area contributed by atoms with Crippen LogP contribution in [0.3, 0.4) is 0 Å². The molecule has 0 radical (unpaired) electrons. The summed E-state index contributed by atoms with van der Waals surface area (Å²) >= 11 is 0. The zero-order chi connectivity index (χ0) is 20.8. The average Bonchev–Trinajstić information content (AvgIpc) is 3.59. The van der Waals surface area contributed by atoms with Gasteiger partial charge >= 0.3 is 11.9 Å². The van der Waals surface area contributed by atoms with Crippen LogP contribution in [0.2, 0.25) is 0 Å². The van der Waals surface area contributed by atoms with Gasteiger partial charge in [-0.15, -0.1) is 0 Å². The van der Waals surface area contributed by atoms with Crippen molar-refractivity contribution in [3.8, 4) is 0 Å². The predicted molar refractivity (Wildman–Crippen MR) is 106 cm³/mol. The third kappa shape index (κ3) is 1.79. The third-order valence-electron chi connectivity index (χ3n) is 11.2. The summed E-state index contributed by atoms with van der Waals surface area (Å²) in [5.41, 5.74) is 0.939. The Bertz CT molecular complexity index is 951. The lowest BCUT2D eigenvalue weighted by atomic mass is 9.45. The Morgan fingerprint density at radius 1 is 1.13 bits per heavy atom. The molecule has 1 N–H and O–H groups in total. The summed E-state index contributed by atoms with van der Waals surface area (Å²) < 4.78 is 6.11. The summed E-state index contributed by atoms with van der Waals surface area (Å²) in [6.07, 6.45) is 8.47. The molecule has 1 heterocycles. The fraction of sp³-hybridized carbons (Fsp3) is 0.800. The molecule has 1 spiro atoms. The highest BCUT2D eigenvalue weighted by atomic mass is 16.6. The van der Waals surface area contributed by atoms with E-state index in [1.165, 1.54) is 12.0 Å². The van der Waals surface area contributed by atoms with Crippen molar-refractivity contribution in [3.63, 3.8) is 0 Å². The van der Waals surface area contributed by atoms with Gasteiger partial charge in [-0.05, 0) is 79.1 Å². The molecule has 160 valence electrons. The summed E-state index contributed by atoms with van der Waals surface area (Å²) in [7, 11) is 0. The van der Waals surface area contributed by atoms with Crippen LogP contribution in [0.1, 0.15) is 58.8 Å². The van der Waals surface area contributed by atoms with Crippen molar-refractivity contribution < 1.29 is 24.2 Å². The Balaban J connectivity index is 1.30. The molecule has 1 saturated heterocycles. The molecular weight excluding hydrogens is 380 g/mol. The van der Waals surface area contributed by atoms with E-state index in [2.05, 4.69) is 13.8 Å². The van der Waals surface area contributed by atoms with Crippen molar-refractivity contribution in [1.82, 2.24) is 0 Å². The standard InChI is InChI=1S/C25H30O5/c1-23-5-3-11(26)7-17(23)12-8-13(12)19-16(23)4-6-24(2)20(19)14-9-18(14)25(24)10-15(21(27)28)22(29)30-25/h7,12-16,18-20H,3-6,8-10H2,1-2H3,(H,27,28)/t12?,13?,14?,15?,16?,18?,19?,20?,23-,24+,25+/m1/s1. The van der Waals surface area contributed by atoms with Gasteiger partial charge in [-0.3, -0.25) is 14.4 Å². The molecular formula is C25H30O5. The zero-order valence-corrected chi connectivity index (χ0v) is 17.7. The van der Waals surface area contributed by atoms with E-state index in [1.807, 2.05) is 6.08 Å². The van der Waals surface area contributed by atoms with Crippen molar-refractivity contribution in [2.24, 2.45) is 58.2 Å². The van der Waals surface area contributed by atoms with Crippen LogP contribution in [0.5, 0.6) is 0 Å². The number of aliphatic carboxylic acids is 1. The van der Waals surface area contributed by atoms with Gasteiger partial charge in [0.05, 0.1) is 0 Å². The molecule has 11 atom stereocenters. The Morgan fingerprint density at radius 2 is 1.93 bits per heavy atom. The molecule has 1 aliphatic heterocycles. The van der Waals surface area contributed by atoms with Crippen LogP contribution in [0.25, 0.3) is 0 Å². The minimum absolute atomic E-state index is 0.100. The second-order valence-electron chi connectivity index (χ2n) is 12.1. The molecule has 7 rings (SSSR count). The number of carboxylic acid groups (broad SMARTS) is 1. The zero-order valence-electron chi connectivity index (χ0n) is 17.7. The second-order valence-corrected chi connectivity index (χ2v) is 12.1. The quantitative estimate of drug-likeness (QED) is 0.528. The van der Waals surface area contributed by atoms with E-state index in [0.29, 0.717) is 60.1 Å². The monoisotopic (exact) mass is 410 g/mol. The van der Waals surface area contributed by atoms with E-state index in [-0.39, 0.29) is 10.8 Å². The molecule has 0 amide bonds. The Morgan fingerprint density at radius 3 is 2.67 bits per heavy atom. The van der Waals surface area contributed by atoms with Gasteiger partial charge in [-0.2, -0.15) is 0 Å². The van der Waals surface area contributed by atoms with E-state index in [1.54, 1.807) is 0 Å². The summed E-state index contributed by atoms with van der Waals surface area (Å²) in [5.74, 6) is 1.78. The number of hydrogen-bond donors (Lipinski definition) is 1. The maximum absolute atomic E-state index is 12.5. The molecule has 0 bridgehead atoms. The lowest BCUT2D eigenvalue weighted by Crippen LogP contribution is -2.57. The van der Waals surface area contributed by atoms with Crippen molar-refractivity contribution >= 4 is 17.7 Å². The molecule has 6 fully saturated rings. The number of rotatable bonds is 1. The van der Waals surface area contributed by atoms with Crippen molar-refractivity contribution in [2.45, 2.75) is 64.4 Å². The first kappa shape index (κ1) is 18.0. The third-order valence-corrected chi connectivity index (χ3v) is 11.2. The second kappa shape index (κ2) is 5.05. The summed E-state index contributed by atoms with van der Waals surface area (Å²) in [5, 5.41) is 9.59. The molecule has 6 aliphatic carbocycles. The number of ketones is 1. The van der Waals surface area contributed by atoms with E-state index in [4.69, 9.17) is 4.74 Å². The number of hydrogen-bond acceptors (Lipinski definition) is 4. The van der Waals surface area contributed by atoms with Crippen LogP contribution < -0.4 is 0 Å². The topological polar surface area (TPSA) is 80.7 Å². The number of carboxylic acids is 1. The van der Waals surface area contributed by atoms with Crippen LogP contribution in [0.15, 0.2) is 11.6 Å². The summed E-state index contributed by atoms with van der Waals surface area (Å²) in [6, 6.07) is 0. The summed E-state index contributed by atoms with van der Waals surface area (Å²) in [6.45, 7) is 4.75. The van der Waals surface area contributed by atoms with Gasteiger partial charge in [0.1, 0.15) is 5.60 Å². The first-order chi connectivity index (χ1) is 14.2. The first-order valence-corrected chi connectivity index (χ1v) is 11.9. The van der Waals surface area contributed by atoms with Crippen LogP contribution in [-0.2, 0) is 19.1 Å². The van der Waals surface area contributed by atoms with Gasteiger partial charge in [0.25, 0.3) is 0 Å². The first-order valence-electron chi connectivity index (χ1n) is 11.9. The predicted octanol–water partition coefficient (Wildman–Crippen LogP) is 3.62. The maximum Gasteiger partial charge on any atom is 0.321 e. The minimum Gasteiger partial charge on any atom is -0.481 e. The van der Waals surface area contributed by atoms with Gasteiger partial charge in [-0.25, -0.2) is 0 Å². The van der Waals surface area contributed by atoms with Gasteiger partial charge in [0.2, 0.25) is 0 Å². The highest BCUT2D eigenvalue weighted by Gasteiger charge is 2.82. The highest BCUT2D eigenvalue weighted by molar-refractivity contribution is 5.96. The smallest absolute Gasteiger partial charge is 0.321 e. The molecule has 0 aromatic rings. The number of ether oxygens (including phenoxy) is 1. The Labute approximate surface area is 176 Å². The van der Waals surface area contributed by atoms with Crippen molar-refractivity contribution in [3.05, 3.63) is 11.6 Å². The van der Waals surface area contributed by atoms with Gasteiger partial charge in [-0.1, -0.05) is 19.4 Å². The van der Waals surface area contributed by atoms with Crippen LogP contribution >= 0.6 is 0 Å². The molecule has 7 aliphatic rings. The van der Waals surface area contributed by atoms with Crippen LogP contribution in [-0.4, -0.2) is 28.4 Å². The lowest BCUT2D eigenvalue weighted by molar-refractivity contribution is -0.178. The molecule has 5 heteroatoms. The SMILES string of the molecule is C[C@]12CCC(=O)C=C1C1CC1C1C2CC[C@@]2(C)C1C1CC1[C@@]21CC(C(=O)O)C(=O)O1. The van der Waals surface area contributed by atoms with E-state index < -0.39 is 23.5 Å². The van der Waals surface area contributed by atoms with Gasteiger partial charge in [0, 0.05) is 24.2 Å². The van der Waals surface area contributed by atoms with E-state index >= 15 is 0 Å². The normalized spacial score (nSPS) is 59.3. The lowest BCUT2D eigenvalue weighted by Gasteiger charge is -2.60. The van der Waals surface area contributed by atoms with Crippen molar-refractivity contribution in [2.75, 3.05) is 0 Å². The van der Waals surface area contributed by atoms with Gasteiger partial charge in [0.15, 0.2) is 11.7 Å². The largest absolute Gasteiger partial charge is 0.481 e. The number of allylic oxidation sites excluding steroid dienone is 1. The molecule has 8 unspecified atom stereocenters. The number of carbonyl (C=O) groups excluding carboxylic acids is 2. The Kier molecular flexibility index (Phi) is 3.02. The molecule has 5 saturated carbocycles. The van der Waals surface area contributed by atoms with Gasteiger partial charge < -0.3 is 9.84 Å². The van der Waals surface area contributed by atoms with E-state index in [0.717, 1.165) is 25.7 Å². The fourth-order valence-corrected chi connectivity index (χ4v) is 9.93. The van der Waals surface area contributed by atoms with Crippen LogP contribution in [0.4, 0.5) is 0 Å². The maximum atomic E-state index is 12.5. The Hall–Kier alpha value is -1.65. The highest BCUT2D eigenvalue weighted by Crippen LogP contribution is 2.82. The molecule has 30 heavy (non-hydrogen) atoms. The number of esters is 1. The van der Waals surface area contributed by atoms with Crippen LogP contribution in [0, 0.1) is 58.2 Å².